The summed E-state index contributed by atoms with van der Waals surface area (Å²) in [6.07, 6.45) is 3.36. The Balaban J connectivity index is 1.60. The summed E-state index contributed by atoms with van der Waals surface area (Å²) in [7, 11) is -3.44. The molecule has 7 nitrogen and oxygen atoms in total. The first kappa shape index (κ1) is 20.2. The van der Waals surface area contributed by atoms with Crippen LogP contribution in [0.3, 0.4) is 0 Å². The van der Waals surface area contributed by atoms with Gasteiger partial charge in [-0.2, -0.15) is 0 Å². The number of fused-ring (bicyclic) bond motifs is 1. The number of urea groups is 1. The number of hydrogen-bond acceptors (Lipinski definition) is 4. The van der Waals surface area contributed by atoms with E-state index < -0.39 is 15.9 Å². The highest BCUT2D eigenvalue weighted by Gasteiger charge is 2.34. The summed E-state index contributed by atoms with van der Waals surface area (Å²) in [5.41, 5.74) is 7.09. The maximum atomic E-state index is 12.9. The van der Waals surface area contributed by atoms with Crippen molar-refractivity contribution in [2.45, 2.75) is 51.5 Å². The third-order valence-electron chi connectivity index (χ3n) is 5.71. The van der Waals surface area contributed by atoms with Gasteiger partial charge in [-0.05, 0) is 42.4 Å². The molecule has 8 heteroatoms. The number of amides is 2. The van der Waals surface area contributed by atoms with E-state index in [4.69, 9.17) is 10.7 Å². The quantitative estimate of drug-likeness (QED) is 0.780. The van der Waals surface area contributed by atoms with Crippen LogP contribution in [-0.4, -0.2) is 47.7 Å². The minimum absolute atomic E-state index is 0.0277. The molecule has 0 atom stereocenters. The van der Waals surface area contributed by atoms with Gasteiger partial charge < -0.3 is 15.2 Å². The lowest BCUT2D eigenvalue weighted by molar-refractivity contribution is 0.138. The molecule has 1 saturated heterocycles. The molecule has 0 spiro atoms. The second-order valence-corrected chi connectivity index (χ2v) is 11.9. The molecule has 4 rings (SSSR count). The van der Waals surface area contributed by atoms with E-state index in [1.807, 2.05) is 6.07 Å². The molecule has 0 radical (unpaired) electrons. The average Bonchev–Trinajstić information content (AvgIpc) is 3.32. The summed E-state index contributed by atoms with van der Waals surface area (Å²) in [5, 5.41) is 0. The van der Waals surface area contributed by atoms with Gasteiger partial charge in [0.25, 0.3) is 0 Å². The maximum Gasteiger partial charge on any atom is 0.314 e. The first-order valence-electron chi connectivity index (χ1n) is 10.3. The molecule has 1 saturated carbocycles. The van der Waals surface area contributed by atoms with E-state index >= 15 is 0 Å². The van der Waals surface area contributed by atoms with Crippen molar-refractivity contribution in [1.29, 1.82) is 0 Å². The van der Waals surface area contributed by atoms with Gasteiger partial charge in [0.1, 0.15) is 5.82 Å². The van der Waals surface area contributed by atoms with Crippen molar-refractivity contribution in [2.24, 2.45) is 23.0 Å². The third-order valence-corrected chi connectivity index (χ3v) is 7.59. The van der Waals surface area contributed by atoms with E-state index in [1.165, 1.54) is 17.7 Å². The number of rotatable bonds is 6. The third kappa shape index (κ3) is 4.42. The molecule has 2 amide bonds. The number of aromatic nitrogens is 2. The fourth-order valence-corrected chi connectivity index (χ4v) is 5.58. The van der Waals surface area contributed by atoms with Crippen LogP contribution in [0.1, 0.15) is 39.4 Å². The summed E-state index contributed by atoms with van der Waals surface area (Å²) in [6.45, 7) is 8.34. The fraction of sp³-hybridized carbons (Fsp3) is 0.619. The number of nitrogens with two attached hydrogens (primary N) is 1. The smallest absolute Gasteiger partial charge is 0.314 e. The van der Waals surface area contributed by atoms with E-state index in [9.17, 15) is 13.2 Å². The van der Waals surface area contributed by atoms with Crippen LogP contribution in [0.15, 0.2) is 23.1 Å². The molecular weight excluding hydrogens is 388 g/mol. The number of carbonyl (C=O) groups excluding carboxylic acids is 1. The summed E-state index contributed by atoms with van der Waals surface area (Å²) < 4.78 is 28.1. The number of imidazole rings is 1. The van der Waals surface area contributed by atoms with Gasteiger partial charge in [-0.1, -0.05) is 20.8 Å². The van der Waals surface area contributed by atoms with Crippen molar-refractivity contribution in [3.05, 3.63) is 24.0 Å². The van der Waals surface area contributed by atoms with Gasteiger partial charge in [0.05, 0.1) is 21.7 Å². The van der Waals surface area contributed by atoms with Crippen LogP contribution in [0.2, 0.25) is 0 Å². The van der Waals surface area contributed by atoms with Crippen molar-refractivity contribution in [1.82, 2.24) is 14.5 Å². The van der Waals surface area contributed by atoms with Gasteiger partial charge in [-0.25, -0.2) is 18.2 Å². The summed E-state index contributed by atoms with van der Waals surface area (Å²) in [6, 6.07) is 4.83. The molecule has 1 aliphatic carbocycles. The molecular formula is C21H30N4O3S. The molecule has 29 heavy (non-hydrogen) atoms. The molecule has 158 valence electrons. The number of likely N-dealkylation sites (tertiary alicyclic amines) is 1. The van der Waals surface area contributed by atoms with E-state index in [0.717, 1.165) is 29.8 Å². The highest BCUT2D eigenvalue weighted by Crippen LogP contribution is 2.34. The molecule has 1 aliphatic heterocycles. The van der Waals surface area contributed by atoms with E-state index in [0.29, 0.717) is 23.9 Å². The van der Waals surface area contributed by atoms with Gasteiger partial charge in [-0.15, -0.1) is 0 Å². The Kier molecular flexibility index (Phi) is 4.88. The Hall–Kier alpha value is -2.09. The van der Waals surface area contributed by atoms with Gasteiger partial charge in [0.2, 0.25) is 0 Å². The number of sulfone groups is 1. The SMILES string of the molecule is CC(C)(C)Cc1nc2cc(S(=O)(=O)CC3CN(C(N)=O)C3)ccc2n1CC1CC1. The lowest BCUT2D eigenvalue weighted by Crippen LogP contribution is -2.54. The molecule has 1 aromatic heterocycles. The number of carbonyl (C=O) groups is 1. The topological polar surface area (TPSA) is 98.3 Å². The average molecular weight is 419 g/mol. The second-order valence-electron chi connectivity index (χ2n) is 9.86. The molecule has 0 unspecified atom stereocenters. The zero-order chi connectivity index (χ0) is 21.0. The Morgan fingerprint density at radius 2 is 1.90 bits per heavy atom. The van der Waals surface area contributed by atoms with Gasteiger partial charge in [0.15, 0.2) is 9.84 Å². The first-order chi connectivity index (χ1) is 13.5. The van der Waals surface area contributed by atoms with Crippen LogP contribution >= 0.6 is 0 Å². The van der Waals surface area contributed by atoms with Crippen molar-refractivity contribution in [3.8, 4) is 0 Å². The minimum Gasteiger partial charge on any atom is -0.351 e. The zero-order valence-electron chi connectivity index (χ0n) is 17.4. The molecule has 2 heterocycles. The Morgan fingerprint density at radius 1 is 1.21 bits per heavy atom. The summed E-state index contributed by atoms with van der Waals surface area (Å²) in [4.78, 5) is 17.7. The van der Waals surface area contributed by atoms with Gasteiger partial charge in [0, 0.05) is 32.0 Å². The second kappa shape index (κ2) is 7.00. The summed E-state index contributed by atoms with van der Waals surface area (Å²) in [5.74, 6) is 1.71. The largest absolute Gasteiger partial charge is 0.351 e. The Bertz CT molecular complexity index is 1040. The van der Waals surface area contributed by atoms with Crippen LogP contribution in [-0.2, 0) is 22.8 Å². The van der Waals surface area contributed by atoms with E-state index in [2.05, 4.69) is 25.3 Å². The van der Waals surface area contributed by atoms with Gasteiger partial charge in [-0.3, -0.25) is 0 Å². The normalized spacial score (nSPS) is 18.2. The number of primary amides is 1. The molecule has 2 aliphatic rings. The van der Waals surface area contributed by atoms with Crippen molar-refractivity contribution < 1.29 is 13.2 Å². The van der Waals surface area contributed by atoms with Crippen molar-refractivity contribution in [2.75, 3.05) is 18.8 Å². The monoisotopic (exact) mass is 418 g/mol. The number of hydrogen-bond donors (Lipinski definition) is 1. The molecule has 0 bridgehead atoms. The van der Waals surface area contributed by atoms with Crippen molar-refractivity contribution >= 4 is 26.9 Å². The van der Waals surface area contributed by atoms with Crippen LogP contribution in [0.25, 0.3) is 11.0 Å². The number of nitrogens with zero attached hydrogens (tertiary/aromatic N) is 3. The first-order valence-corrected chi connectivity index (χ1v) is 11.9. The summed E-state index contributed by atoms with van der Waals surface area (Å²) >= 11 is 0. The Morgan fingerprint density at radius 3 is 2.48 bits per heavy atom. The number of benzene rings is 1. The van der Waals surface area contributed by atoms with Crippen LogP contribution in [0.4, 0.5) is 4.79 Å². The van der Waals surface area contributed by atoms with Crippen molar-refractivity contribution in [3.63, 3.8) is 0 Å². The highest BCUT2D eigenvalue weighted by atomic mass is 32.2. The fourth-order valence-electron chi connectivity index (χ4n) is 3.99. The molecule has 2 N–H and O–H groups in total. The Labute approximate surface area is 172 Å². The van der Waals surface area contributed by atoms with Gasteiger partial charge >= 0.3 is 6.03 Å². The predicted molar refractivity (Wildman–Crippen MR) is 112 cm³/mol. The lowest BCUT2D eigenvalue weighted by atomic mass is 9.92. The van der Waals surface area contributed by atoms with Crippen LogP contribution < -0.4 is 5.73 Å². The molecule has 2 fully saturated rings. The standard InChI is InChI=1S/C21H30N4O3S/c1-21(2,3)9-19-23-17-8-16(6-7-18(17)25(19)12-14-4-5-14)29(27,28)13-15-10-24(11-15)20(22)26/h6-8,14-15H,4-5,9-13H2,1-3H3,(H2,22,26). The van der Waals surface area contributed by atoms with Crippen LogP contribution in [0.5, 0.6) is 0 Å². The van der Waals surface area contributed by atoms with Crippen LogP contribution in [0, 0.1) is 17.3 Å². The highest BCUT2D eigenvalue weighted by molar-refractivity contribution is 7.91. The molecule has 1 aromatic carbocycles. The zero-order valence-corrected chi connectivity index (χ0v) is 18.2. The van der Waals surface area contributed by atoms with E-state index in [-0.39, 0.29) is 17.1 Å². The van der Waals surface area contributed by atoms with E-state index in [1.54, 1.807) is 12.1 Å². The predicted octanol–water partition coefficient (Wildman–Crippen LogP) is 2.82. The lowest BCUT2D eigenvalue weighted by Gasteiger charge is -2.37. The minimum atomic E-state index is -3.44. The molecule has 2 aromatic rings. The maximum absolute atomic E-state index is 12.9.